The molecule has 24 heavy (non-hydrogen) atoms. The molecular weight excluding hydrogens is 324 g/mol. The van der Waals surface area contributed by atoms with E-state index in [1.54, 1.807) is 4.90 Å². The molecule has 1 saturated heterocycles. The van der Waals surface area contributed by atoms with Gasteiger partial charge in [-0.15, -0.1) is 0 Å². The van der Waals surface area contributed by atoms with Crippen LogP contribution < -0.4 is 10.2 Å². The molecule has 3 rings (SSSR count). The summed E-state index contributed by atoms with van der Waals surface area (Å²) < 4.78 is 0. The third-order valence-corrected chi connectivity index (χ3v) is 4.47. The Labute approximate surface area is 144 Å². The number of rotatable bonds is 5. The average molecular weight is 342 g/mol. The summed E-state index contributed by atoms with van der Waals surface area (Å²) in [5, 5.41) is 3.50. The number of hydrogen-bond donors (Lipinski definition) is 1. The molecule has 7 heteroatoms. The molecule has 124 valence electrons. The molecule has 0 saturated carbocycles. The molecular formula is C17H18N4O2S. The van der Waals surface area contributed by atoms with E-state index in [9.17, 15) is 9.59 Å². The van der Waals surface area contributed by atoms with Gasteiger partial charge in [0.1, 0.15) is 0 Å². The van der Waals surface area contributed by atoms with Crippen molar-refractivity contribution in [2.45, 2.75) is 11.6 Å². The minimum Gasteiger partial charge on any atom is -0.352 e. The minimum absolute atomic E-state index is 0.0908. The van der Waals surface area contributed by atoms with Crippen LogP contribution in [0.4, 0.5) is 5.69 Å². The molecule has 0 aliphatic carbocycles. The SMILES string of the molecule is CSc1ncc(C(=O)NC[C@H]2CC(=O)N(c3ccccc3)C2)cn1. The summed E-state index contributed by atoms with van der Waals surface area (Å²) >= 11 is 1.42. The summed E-state index contributed by atoms with van der Waals surface area (Å²) in [4.78, 5) is 34.3. The predicted molar refractivity (Wildman–Crippen MR) is 93.0 cm³/mol. The van der Waals surface area contributed by atoms with Gasteiger partial charge in [0, 0.05) is 43.5 Å². The number of nitrogens with one attached hydrogen (secondary N) is 1. The number of thioether (sulfide) groups is 1. The van der Waals surface area contributed by atoms with Crippen molar-refractivity contribution in [3.63, 3.8) is 0 Å². The van der Waals surface area contributed by atoms with Gasteiger partial charge in [-0.3, -0.25) is 9.59 Å². The van der Waals surface area contributed by atoms with Crippen LogP contribution >= 0.6 is 11.8 Å². The van der Waals surface area contributed by atoms with Crippen molar-refractivity contribution in [1.82, 2.24) is 15.3 Å². The molecule has 1 aliphatic heterocycles. The van der Waals surface area contributed by atoms with Crippen molar-refractivity contribution in [3.8, 4) is 0 Å². The highest BCUT2D eigenvalue weighted by atomic mass is 32.2. The lowest BCUT2D eigenvalue weighted by Crippen LogP contribution is -2.31. The van der Waals surface area contributed by atoms with Crippen LogP contribution in [0.5, 0.6) is 0 Å². The maximum atomic E-state index is 12.2. The molecule has 2 amide bonds. The van der Waals surface area contributed by atoms with Crippen LogP contribution in [0.25, 0.3) is 0 Å². The maximum absolute atomic E-state index is 12.2. The van der Waals surface area contributed by atoms with Crippen molar-refractivity contribution >= 4 is 29.3 Å². The quantitative estimate of drug-likeness (QED) is 0.664. The Morgan fingerprint density at radius 2 is 2.00 bits per heavy atom. The van der Waals surface area contributed by atoms with E-state index in [4.69, 9.17) is 0 Å². The fourth-order valence-electron chi connectivity index (χ4n) is 2.65. The monoisotopic (exact) mass is 342 g/mol. The van der Waals surface area contributed by atoms with E-state index in [0.717, 1.165) is 5.69 Å². The number of carbonyl (C=O) groups is 2. The summed E-state index contributed by atoms with van der Waals surface area (Å²) in [5.74, 6) is -0.0191. The number of para-hydroxylation sites is 1. The summed E-state index contributed by atoms with van der Waals surface area (Å²) in [7, 11) is 0. The Morgan fingerprint density at radius 3 is 2.67 bits per heavy atom. The van der Waals surface area contributed by atoms with E-state index in [0.29, 0.717) is 30.2 Å². The fourth-order valence-corrected chi connectivity index (χ4v) is 2.97. The maximum Gasteiger partial charge on any atom is 0.254 e. The average Bonchev–Trinajstić information content (AvgIpc) is 3.01. The van der Waals surface area contributed by atoms with Crippen molar-refractivity contribution in [2.75, 3.05) is 24.2 Å². The largest absolute Gasteiger partial charge is 0.352 e. The van der Waals surface area contributed by atoms with Gasteiger partial charge in [-0.05, 0) is 18.4 Å². The topological polar surface area (TPSA) is 75.2 Å². The highest BCUT2D eigenvalue weighted by molar-refractivity contribution is 7.98. The molecule has 0 bridgehead atoms. The summed E-state index contributed by atoms with van der Waals surface area (Å²) in [6, 6.07) is 9.59. The number of hydrogen-bond acceptors (Lipinski definition) is 5. The van der Waals surface area contributed by atoms with Crippen LogP contribution in [0.2, 0.25) is 0 Å². The normalized spacial score (nSPS) is 17.1. The number of nitrogens with zero attached hydrogens (tertiary/aromatic N) is 3. The standard InChI is InChI=1S/C17H18N4O2S/c1-24-17-19-9-13(10-20-17)16(23)18-8-12-7-15(22)21(11-12)14-5-3-2-4-6-14/h2-6,9-10,12H,7-8,11H2,1H3,(H,18,23)/t12-/m1/s1. The molecule has 0 spiro atoms. The van der Waals surface area contributed by atoms with E-state index < -0.39 is 0 Å². The molecule has 2 heterocycles. The van der Waals surface area contributed by atoms with Crippen molar-refractivity contribution in [1.29, 1.82) is 0 Å². The fraction of sp³-hybridized carbons (Fsp3) is 0.294. The first-order valence-electron chi connectivity index (χ1n) is 7.67. The molecule has 1 fully saturated rings. The Morgan fingerprint density at radius 1 is 1.29 bits per heavy atom. The van der Waals surface area contributed by atoms with Gasteiger partial charge in [0.2, 0.25) is 5.91 Å². The van der Waals surface area contributed by atoms with E-state index in [1.165, 1.54) is 24.2 Å². The zero-order chi connectivity index (χ0) is 16.9. The minimum atomic E-state index is -0.215. The van der Waals surface area contributed by atoms with Gasteiger partial charge in [-0.1, -0.05) is 30.0 Å². The van der Waals surface area contributed by atoms with Gasteiger partial charge < -0.3 is 10.2 Å². The first kappa shape index (κ1) is 16.4. The highest BCUT2D eigenvalue weighted by Crippen LogP contribution is 2.24. The number of carbonyl (C=O) groups excluding carboxylic acids is 2. The predicted octanol–water partition coefficient (Wildman–Crippen LogP) is 1.98. The van der Waals surface area contributed by atoms with E-state index in [2.05, 4.69) is 15.3 Å². The molecule has 2 aromatic rings. The Balaban J connectivity index is 1.55. The molecule has 0 radical (unpaired) electrons. The molecule has 1 atom stereocenters. The summed E-state index contributed by atoms with van der Waals surface area (Å²) in [5.41, 5.74) is 1.33. The van der Waals surface area contributed by atoms with Crippen molar-refractivity contribution in [3.05, 3.63) is 48.3 Å². The molecule has 6 nitrogen and oxygen atoms in total. The second-order valence-corrected chi connectivity index (χ2v) is 6.35. The summed E-state index contributed by atoms with van der Waals surface area (Å²) in [6.07, 6.45) is 5.36. The van der Waals surface area contributed by atoms with Gasteiger partial charge in [0.25, 0.3) is 5.91 Å². The lowest BCUT2D eigenvalue weighted by molar-refractivity contribution is -0.117. The third-order valence-electron chi connectivity index (χ3n) is 3.90. The molecule has 1 N–H and O–H groups in total. The van der Waals surface area contributed by atoms with Gasteiger partial charge in [-0.2, -0.15) is 0 Å². The lowest BCUT2D eigenvalue weighted by atomic mass is 10.1. The van der Waals surface area contributed by atoms with Crippen molar-refractivity contribution in [2.24, 2.45) is 5.92 Å². The first-order valence-corrected chi connectivity index (χ1v) is 8.89. The first-order chi connectivity index (χ1) is 11.7. The highest BCUT2D eigenvalue weighted by Gasteiger charge is 2.30. The number of benzene rings is 1. The van der Waals surface area contributed by atoms with Crippen LogP contribution in [0.1, 0.15) is 16.8 Å². The third kappa shape index (κ3) is 3.73. The Hall–Kier alpha value is -2.41. The van der Waals surface area contributed by atoms with Crippen LogP contribution in [0.3, 0.4) is 0 Å². The number of aromatic nitrogens is 2. The Bertz CT molecular complexity index is 721. The van der Waals surface area contributed by atoms with Gasteiger partial charge >= 0.3 is 0 Å². The molecule has 0 unspecified atom stereocenters. The second kappa shape index (κ2) is 7.44. The van der Waals surface area contributed by atoms with Crippen LogP contribution in [0, 0.1) is 5.92 Å². The van der Waals surface area contributed by atoms with E-state index in [-0.39, 0.29) is 17.7 Å². The van der Waals surface area contributed by atoms with Crippen LogP contribution in [0.15, 0.2) is 47.9 Å². The van der Waals surface area contributed by atoms with E-state index in [1.807, 2.05) is 36.6 Å². The zero-order valence-electron chi connectivity index (χ0n) is 13.3. The molecule has 1 aliphatic rings. The Kier molecular flexibility index (Phi) is 5.10. The van der Waals surface area contributed by atoms with E-state index >= 15 is 0 Å². The smallest absolute Gasteiger partial charge is 0.254 e. The van der Waals surface area contributed by atoms with Gasteiger partial charge in [-0.25, -0.2) is 9.97 Å². The zero-order valence-corrected chi connectivity index (χ0v) is 14.1. The lowest BCUT2D eigenvalue weighted by Gasteiger charge is -2.16. The molecule has 1 aromatic carbocycles. The number of amides is 2. The van der Waals surface area contributed by atoms with Crippen molar-refractivity contribution < 1.29 is 9.59 Å². The summed E-state index contributed by atoms with van der Waals surface area (Å²) in [6.45, 7) is 1.07. The van der Waals surface area contributed by atoms with Gasteiger partial charge in [0.05, 0.1) is 5.56 Å². The van der Waals surface area contributed by atoms with Gasteiger partial charge in [0.15, 0.2) is 5.16 Å². The van der Waals surface area contributed by atoms with Crippen LogP contribution in [-0.2, 0) is 4.79 Å². The second-order valence-electron chi connectivity index (χ2n) is 5.58. The van der Waals surface area contributed by atoms with Crippen LogP contribution in [-0.4, -0.2) is 41.1 Å². The molecule has 1 aromatic heterocycles. The number of anilines is 1.